The highest BCUT2D eigenvalue weighted by molar-refractivity contribution is 6.29. The molecule has 0 atom stereocenters. The van der Waals surface area contributed by atoms with E-state index in [4.69, 9.17) is 11.6 Å². The molecule has 0 unspecified atom stereocenters. The first-order valence-electron chi connectivity index (χ1n) is 3.81. The Morgan fingerprint density at radius 1 is 1.31 bits per heavy atom. The van der Waals surface area contributed by atoms with Crippen LogP contribution in [0.25, 0.3) is 11.3 Å². The number of hydrogen-bond acceptors (Lipinski definition) is 2. The Balaban J connectivity index is 2.48. The van der Waals surface area contributed by atoms with E-state index in [1.54, 1.807) is 18.5 Å². The first-order chi connectivity index (χ1) is 6.36. The van der Waals surface area contributed by atoms with E-state index in [2.05, 4.69) is 16.0 Å². The van der Waals surface area contributed by atoms with Gasteiger partial charge in [0, 0.05) is 24.0 Å². The quantitative estimate of drug-likeness (QED) is 0.645. The maximum absolute atomic E-state index is 5.71. The average molecular weight is 190 g/mol. The van der Waals surface area contributed by atoms with E-state index in [1.807, 2.05) is 18.2 Å². The summed E-state index contributed by atoms with van der Waals surface area (Å²) >= 11 is 5.71. The monoisotopic (exact) mass is 189 g/mol. The summed E-state index contributed by atoms with van der Waals surface area (Å²) in [6, 6.07) is 10.2. The first-order valence-corrected chi connectivity index (χ1v) is 4.19. The summed E-state index contributed by atoms with van der Waals surface area (Å²) in [6.45, 7) is 0. The molecule has 2 rings (SSSR count). The molecule has 0 aliphatic carbocycles. The van der Waals surface area contributed by atoms with Crippen LogP contribution >= 0.6 is 11.6 Å². The lowest BCUT2D eigenvalue weighted by atomic mass is 10.2. The zero-order chi connectivity index (χ0) is 9.10. The number of rotatable bonds is 1. The van der Waals surface area contributed by atoms with Crippen molar-refractivity contribution >= 4 is 11.6 Å². The molecule has 0 saturated carbocycles. The van der Waals surface area contributed by atoms with Crippen molar-refractivity contribution in [2.24, 2.45) is 0 Å². The summed E-state index contributed by atoms with van der Waals surface area (Å²) in [5.41, 5.74) is 1.77. The molecule has 1 radical (unpaired) electrons. The van der Waals surface area contributed by atoms with E-state index in [-0.39, 0.29) is 0 Å². The molecule has 63 valence electrons. The maximum atomic E-state index is 5.71. The predicted molar refractivity (Wildman–Crippen MR) is 51.3 cm³/mol. The Morgan fingerprint density at radius 2 is 2.23 bits per heavy atom. The van der Waals surface area contributed by atoms with Gasteiger partial charge in [0.2, 0.25) is 0 Å². The maximum Gasteiger partial charge on any atom is 0.137 e. The van der Waals surface area contributed by atoms with Gasteiger partial charge in [0.1, 0.15) is 5.15 Å². The Hall–Kier alpha value is -1.41. The molecular formula is C10H6ClN2. The van der Waals surface area contributed by atoms with Crippen LogP contribution in [-0.4, -0.2) is 9.97 Å². The predicted octanol–water partition coefficient (Wildman–Crippen LogP) is 2.60. The molecule has 0 fully saturated rings. The summed E-state index contributed by atoms with van der Waals surface area (Å²) in [5, 5.41) is 0.376. The fourth-order valence-corrected chi connectivity index (χ4v) is 1.19. The van der Waals surface area contributed by atoms with Crippen LogP contribution in [0.15, 0.2) is 36.7 Å². The van der Waals surface area contributed by atoms with Crippen LogP contribution in [0, 0.1) is 6.07 Å². The summed E-state index contributed by atoms with van der Waals surface area (Å²) in [6.07, 6.45) is 3.47. The summed E-state index contributed by atoms with van der Waals surface area (Å²) < 4.78 is 0. The first kappa shape index (κ1) is 8.20. The largest absolute Gasteiger partial charge is 0.264 e. The summed E-state index contributed by atoms with van der Waals surface area (Å²) in [5.74, 6) is 0. The Bertz CT molecular complexity index is 401. The normalized spacial score (nSPS) is 9.92. The molecule has 2 aromatic rings. The number of nitrogens with zero attached hydrogens (tertiary/aromatic N) is 2. The zero-order valence-electron chi connectivity index (χ0n) is 6.74. The van der Waals surface area contributed by atoms with Gasteiger partial charge in [-0.1, -0.05) is 11.6 Å². The van der Waals surface area contributed by atoms with Gasteiger partial charge in [0.15, 0.2) is 0 Å². The molecule has 0 aromatic carbocycles. The Morgan fingerprint density at radius 3 is 2.92 bits per heavy atom. The van der Waals surface area contributed by atoms with Gasteiger partial charge in [-0.25, -0.2) is 4.98 Å². The molecule has 0 spiro atoms. The van der Waals surface area contributed by atoms with E-state index in [9.17, 15) is 0 Å². The van der Waals surface area contributed by atoms with Crippen LogP contribution in [0.2, 0.25) is 5.15 Å². The number of pyridine rings is 2. The van der Waals surface area contributed by atoms with Gasteiger partial charge < -0.3 is 0 Å². The smallest absolute Gasteiger partial charge is 0.137 e. The molecule has 0 aliphatic rings. The molecule has 2 aromatic heterocycles. The number of aromatic nitrogens is 2. The van der Waals surface area contributed by atoms with Crippen molar-refractivity contribution < 1.29 is 0 Å². The molecule has 0 aliphatic heterocycles. The molecule has 3 heteroatoms. The van der Waals surface area contributed by atoms with Gasteiger partial charge in [-0.2, -0.15) is 0 Å². The van der Waals surface area contributed by atoms with Gasteiger partial charge in [-0.15, -0.1) is 0 Å². The van der Waals surface area contributed by atoms with Crippen LogP contribution in [0.3, 0.4) is 0 Å². The van der Waals surface area contributed by atoms with Crippen LogP contribution < -0.4 is 0 Å². The van der Waals surface area contributed by atoms with Crippen molar-refractivity contribution in [3.63, 3.8) is 0 Å². The molecule has 0 N–H and O–H groups in total. The van der Waals surface area contributed by atoms with Gasteiger partial charge in [-0.3, -0.25) is 4.98 Å². The highest BCUT2D eigenvalue weighted by Crippen LogP contribution is 2.16. The average Bonchev–Trinajstić information content (AvgIpc) is 2.19. The second kappa shape index (κ2) is 3.54. The minimum Gasteiger partial charge on any atom is -0.264 e. The number of halogens is 1. The molecule has 0 bridgehead atoms. The molecule has 2 heterocycles. The SMILES string of the molecule is Clc1[c]ccc(-c2cccnc2)n1. The van der Waals surface area contributed by atoms with Gasteiger partial charge in [-0.05, 0) is 24.3 Å². The van der Waals surface area contributed by atoms with E-state index in [0.717, 1.165) is 11.3 Å². The zero-order valence-corrected chi connectivity index (χ0v) is 7.49. The van der Waals surface area contributed by atoms with Crippen molar-refractivity contribution in [1.29, 1.82) is 0 Å². The standard InChI is InChI=1S/C10H6ClN2/c11-10-5-1-4-9(13-10)8-3-2-6-12-7-8/h1-4,6-7H. The lowest BCUT2D eigenvalue weighted by molar-refractivity contribution is 1.28. The second-order valence-corrected chi connectivity index (χ2v) is 2.87. The fraction of sp³-hybridized carbons (Fsp3) is 0. The molecule has 0 saturated heterocycles. The van der Waals surface area contributed by atoms with Crippen LogP contribution in [0.5, 0.6) is 0 Å². The van der Waals surface area contributed by atoms with Crippen molar-refractivity contribution in [3.8, 4) is 11.3 Å². The van der Waals surface area contributed by atoms with Gasteiger partial charge >= 0.3 is 0 Å². The van der Waals surface area contributed by atoms with Crippen LogP contribution in [0.4, 0.5) is 0 Å². The molecule has 13 heavy (non-hydrogen) atoms. The van der Waals surface area contributed by atoms with E-state index in [1.165, 1.54) is 0 Å². The minimum atomic E-state index is 0.376. The summed E-state index contributed by atoms with van der Waals surface area (Å²) in [7, 11) is 0. The van der Waals surface area contributed by atoms with Crippen LogP contribution in [0.1, 0.15) is 0 Å². The third-order valence-electron chi connectivity index (χ3n) is 1.62. The minimum absolute atomic E-state index is 0.376. The summed E-state index contributed by atoms with van der Waals surface area (Å²) in [4.78, 5) is 8.11. The lowest BCUT2D eigenvalue weighted by Crippen LogP contribution is -1.83. The van der Waals surface area contributed by atoms with E-state index < -0.39 is 0 Å². The molecule has 2 nitrogen and oxygen atoms in total. The van der Waals surface area contributed by atoms with E-state index >= 15 is 0 Å². The van der Waals surface area contributed by atoms with Crippen molar-refractivity contribution in [1.82, 2.24) is 9.97 Å². The highest BCUT2D eigenvalue weighted by atomic mass is 35.5. The Labute approximate surface area is 81.2 Å². The van der Waals surface area contributed by atoms with Crippen molar-refractivity contribution in [3.05, 3.63) is 47.9 Å². The fourth-order valence-electron chi connectivity index (χ4n) is 1.04. The van der Waals surface area contributed by atoms with E-state index in [0.29, 0.717) is 5.15 Å². The van der Waals surface area contributed by atoms with Crippen molar-refractivity contribution in [2.45, 2.75) is 0 Å². The topological polar surface area (TPSA) is 25.8 Å². The molecular weight excluding hydrogens is 184 g/mol. The van der Waals surface area contributed by atoms with Gasteiger partial charge in [0.25, 0.3) is 0 Å². The van der Waals surface area contributed by atoms with Crippen LogP contribution in [-0.2, 0) is 0 Å². The second-order valence-electron chi connectivity index (χ2n) is 2.51. The third kappa shape index (κ3) is 1.84. The third-order valence-corrected chi connectivity index (χ3v) is 1.81. The lowest BCUT2D eigenvalue weighted by Gasteiger charge is -1.98. The van der Waals surface area contributed by atoms with Gasteiger partial charge in [0.05, 0.1) is 5.69 Å². The highest BCUT2D eigenvalue weighted by Gasteiger charge is 1.98. The Kier molecular flexibility index (Phi) is 2.23. The number of hydrogen-bond donors (Lipinski definition) is 0. The molecule has 0 amide bonds. The van der Waals surface area contributed by atoms with Crippen molar-refractivity contribution in [2.75, 3.05) is 0 Å².